The van der Waals surface area contributed by atoms with Crippen LogP contribution in [0.1, 0.15) is 15.9 Å². The molecule has 0 atom stereocenters. The highest BCUT2D eigenvalue weighted by Crippen LogP contribution is 2.27. The zero-order valence-electron chi connectivity index (χ0n) is 7.10. The first-order chi connectivity index (χ1) is 6.50. The minimum atomic E-state index is -3.28. The molecule has 1 heterocycles. The summed E-state index contributed by atoms with van der Waals surface area (Å²) < 4.78 is 22.7. The van der Waals surface area contributed by atoms with E-state index in [-0.39, 0.29) is 4.90 Å². The van der Waals surface area contributed by atoms with Crippen molar-refractivity contribution in [1.29, 1.82) is 0 Å². The van der Waals surface area contributed by atoms with Gasteiger partial charge in [-0.15, -0.1) is 0 Å². The van der Waals surface area contributed by atoms with Crippen LogP contribution < -0.4 is 5.73 Å². The van der Waals surface area contributed by atoms with Gasteiger partial charge in [-0.3, -0.25) is 4.79 Å². The fourth-order valence-electron chi connectivity index (χ4n) is 1.33. The molecule has 1 aliphatic rings. The Bertz CT molecular complexity index is 543. The molecular weight excluding hydrogens is 202 g/mol. The Morgan fingerprint density at radius 3 is 2.64 bits per heavy atom. The Morgan fingerprint density at radius 1 is 1.29 bits per heavy atom. The quantitative estimate of drug-likeness (QED) is 0.733. The second kappa shape index (κ2) is 2.68. The number of carbonyl (C=O) groups is 1. The predicted molar refractivity (Wildman–Crippen MR) is 51.2 cm³/mol. The zero-order chi connectivity index (χ0) is 10.3. The molecule has 1 aromatic rings. The molecule has 0 unspecified atom stereocenters. The lowest BCUT2D eigenvalue weighted by atomic mass is 10.1. The van der Waals surface area contributed by atoms with E-state index in [9.17, 15) is 13.2 Å². The van der Waals surface area contributed by atoms with Crippen LogP contribution in [0.5, 0.6) is 0 Å². The van der Waals surface area contributed by atoms with E-state index in [2.05, 4.69) is 0 Å². The maximum atomic E-state index is 11.3. The molecule has 1 amide bonds. The molecule has 0 spiro atoms. The zero-order valence-corrected chi connectivity index (χ0v) is 7.91. The second-order valence-electron chi connectivity index (χ2n) is 2.96. The average molecular weight is 209 g/mol. The van der Waals surface area contributed by atoms with Gasteiger partial charge in [-0.1, -0.05) is 0 Å². The number of carbonyl (C=O) groups excluding carboxylic acids is 1. The second-order valence-corrected chi connectivity index (χ2v) is 4.77. The van der Waals surface area contributed by atoms with Crippen molar-refractivity contribution in [1.82, 2.24) is 0 Å². The third-order valence-electron chi connectivity index (χ3n) is 2.03. The fraction of sp³-hybridized carbons (Fsp3) is 0. The van der Waals surface area contributed by atoms with Gasteiger partial charge in [0.25, 0.3) is 0 Å². The van der Waals surface area contributed by atoms with Gasteiger partial charge >= 0.3 is 0 Å². The minimum absolute atomic E-state index is 0.225. The molecular formula is C9H7NO3S. The standard InChI is InChI=1S/C9H7NO3S/c10-9(11)7-1-2-8-6(5-7)3-4-14(8,12)13/h1-5H,(H2,10,11). The lowest BCUT2D eigenvalue weighted by molar-refractivity contribution is 0.1000. The number of sulfone groups is 1. The first-order valence-corrected chi connectivity index (χ1v) is 5.42. The van der Waals surface area contributed by atoms with Crippen molar-refractivity contribution in [2.75, 3.05) is 0 Å². The molecule has 4 nitrogen and oxygen atoms in total. The molecule has 2 rings (SSSR count). The van der Waals surface area contributed by atoms with Crippen molar-refractivity contribution in [3.63, 3.8) is 0 Å². The molecule has 0 radical (unpaired) electrons. The summed E-state index contributed by atoms with van der Waals surface area (Å²) in [4.78, 5) is 11.0. The lowest BCUT2D eigenvalue weighted by Gasteiger charge is -1.99. The molecule has 0 saturated heterocycles. The van der Waals surface area contributed by atoms with Gasteiger partial charge in [-0.2, -0.15) is 0 Å². The van der Waals surface area contributed by atoms with Gasteiger partial charge in [0.2, 0.25) is 5.91 Å². The minimum Gasteiger partial charge on any atom is -0.366 e. The molecule has 14 heavy (non-hydrogen) atoms. The summed E-state index contributed by atoms with van der Waals surface area (Å²) in [6.45, 7) is 0. The van der Waals surface area contributed by atoms with Crippen LogP contribution in [-0.4, -0.2) is 14.3 Å². The van der Waals surface area contributed by atoms with Crippen molar-refractivity contribution >= 4 is 21.8 Å². The Hall–Kier alpha value is -1.62. The third kappa shape index (κ3) is 1.22. The van der Waals surface area contributed by atoms with Crippen LogP contribution in [0.3, 0.4) is 0 Å². The number of rotatable bonds is 1. The SMILES string of the molecule is NC(=O)c1ccc2c(c1)C=CS2(=O)=O. The highest BCUT2D eigenvalue weighted by Gasteiger charge is 2.20. The number of hydrogen-bond donors (Lipinski definition) is 1. The smallest absolute Gasteiger partial charge is 0.248 e. The molecule has 0 fully saturated rings. The van der Waals surface area contributed by atoms with Crippen molar-refractivity contribution in [3.8, 4) is 0 Å². The van der Waals surface area contributed by atoms with E-state index in [0.29, 0.717) is 11.1 Å². The number of amides is 1. The first-order valence-electron chi connectivity index (χ1n) is 3.88. The molecule has 1 aliphatic heterocycles. The molecule has 0 saturated carbocycles. The van der Waals surface area contributed by atoms with Gasteiger partial charge in [-0.05, 0) is 29.8 Å². The molecule has 0 bridgehead atoms. The highest BCUT2D eigenvalue weighted by molar-refractivity contribution is 7.94. The van der Waals surface area contributed by atoms with Crippen molar-refractivity contribution in [2.45, 2.75) is 4.90 Å². The van der Waals surface area contributed by atoms with Crippen LogP contribution in [0.25, 0.3) is 6.08 Å². The molecule has 5 heteroatoms. The van der Waals surface area contributed by atoms with E-state index in [1.54, 1.807) is 0 Å². The summed E-state index contributed by atoms with van der Waals surface area (Å²) in [6.07, 6.45) is 1.46. The summed E-state index contributed by atoms with van der Waals surface area (Å²) >= 11 is 0. The summed E-state index contributed by atoms with van der Waals surface area (Å²) in [7, 11) is -3.28. The summed E-state index contributed by atoms with van der Waals surface area (Å²) in [5, 5.41) is 1.11. The number of fused-ring (bicyclic) bond motifs is 1. The van der Waals surface area contributed by atoms with Gasteiger partial charge in [0.1, 0.15) is 0 Å². The first kappa shape index (κ1) is 8.96. The Balaban J connectivity index is 2.66. The normalized spacial score (nSPS) is 16.6. The van der Waals surface area contributed by atoms with Crippen molar-refractivity contribution < 1.29 is 13.2 Å². The highest BCUT2D eigenvalue weighted by atomic mass is 32.2. The van der Waals surface area contributed by atoms with Crippen LogP contribution in [0.2, 0.25) is 0 Å². The van der Waals surface area contributed by atoms with Gasteiger partial charge in [-0.25, -0.2) is 8.42 Å². The van der Waals surface area contributed by atoms with E-state index in [4.69, 9.17) is 5.73 Å². The lowest BCUT2D eigenvalue weighted by Crippen LogP contribution is -2.11. The molecule has 2 N–H and O–H groups in total. The summed E-state index contributed by atoms with van der Waals surface area (Å²) in [5.74, 6) is -0.564. The van der Waals surface area contributed by atoms with E-state index in [1.165, 1.54) is 24.3 Å². The van der Waals surface area contributed by atoms with E-state index in [1.807, 2.05) is 0 Å². The van der Waals surface area contributed by atoms with Crippen molar-refractivity contribution in [3.05, 3.63) is 34.7 Å². The van der Waals surface area contributed by atoms with E-state index in [0.717, 1.165) is 5.41 Å². The van der Waals surface area contributed by atoms with Gasteiger partial charge in [0, 0.05) is 11.0 Å². The van der Waals surface area contributed by atoms with Crippen LogP contribution in [0.4, 0.5) is 0 Å². The Morgan fingerprint density at radius 2 is 2.00 bits per heavy atom. The molecule has 72 valence electrons. The maximum Gasteiger partial charge on any atom is 0.248 e. The topological polar surface area (TPSA) is 77.2 Å². The predicted octanol–water partition coefficient (Wildman–Crippen LogP) is 0.544. The van der Waals surface area contributed by atoms with Crippen LogP contribution >= 0.6 is 0 Å². The molecule has 0 aromatic heterocycles. The summed E-state index contributed by atoms with van der Waals surface area (Å²) in [6, 6.07) is 4.27. The van der Waals surface area contributed by atoms with E-state index >= 15 is 0 Å². The molecule has 1 aromatic carbocycles. The maximum absolute atomic E-state index is 11.3. The van der Waals surface area contributed by atoms with Crippen molar-refractivity contribution in [2.24, 2.45) is 5.73 Å². The number of hydrogen-bond acceptors (Lipinski definition) is 3. The monoisotopic (exact) mass is 209 g/mol. The number of benzene rings is 1. The fourth-order valence-corrected chi connectivity index (χ4v) is 2.51. The number of nitrogens with two attached hydrogens (primary N) is 1. The van der Waals surface area contributed by atoms with Gasteiger partial charge in [0.05, 0.1) is 4.90 Å². The third-order valence-corrected chi connectivity index (χ3v) is 3.51. The van der Waals surface area contributed by atoms with Crippen LogP contribution in [0.15, 0.2) is 28.5 Å². The van der Waals surface area contributed by atoms with Crippen LogP contribution in [-0.2, 0) is 9.84 Å². The van der Waals surface area contributed by atoms with E-state index < -0.39 is 15.7 Å². The Kier molecular flexibility index (Phi) is 1.72. The average Bonchev–Trinajstić information content (AvgIpc) is 2.42. The molecule has 0 aliphatic carbocycles. The summed E-state index contributed by atoms with van der Waals surface area (Å²) in [5.41, 5.74) is 5.89. The Labute approximate surface area is 81.0 Å². The number of primary amides is 1. The van der Waals surface area contributed by atoms with Gasteiger partial charge in [0.15, 0.2) is 9.84 Å². The largest absolute Gasteiger partial charge is 0.366 e. The van der Waals surface area contributed by atoms with Crippen LogP contribution in [0, 0.1) is 0 Å². The van der Waals surface area contributed by atoms with Gasteiger partial charge < -0.3 is 5.73 Å².